The Labute approximate surface area is 104 Å². The van der Waals surface area contributed by atoms with Crippen LogP contribution in [0.15, 0.2) is 18.2 Å². The molecule has 1 aromatic carbocycles. The van der Waals surface area contributed by atoms with E-state index in [0.29, 0.717) is 18.4 Å². The molecule has 100 valence electrons. The first-order chi connectivity index (χ1) is 8.52. The standard InChI is InChI=1S/C12H16F2N2O2/c1-8(15-12(17)16-18-2)3-4-9-5-6-10(13)11(14)7-9/h5-8H,3-4H2,1-2H3,(H2,15,16,17)/t8-/m0/s1. The highest BCUT2D eigenvalue weighted by molar-refractivity contribution is 5.72. The quantitative estimate of drug-likeness (QED) is 0.795. The number of rotatable bonds is 5. The summed E-state index contributed by atoms with van der Waals surface area (Å²) < 4.78 is 25.6. The first-order valence-corrected chi connectivity index (χ1v) is 5.56. The molecular formula is C12H16F2N2O2. The molecule has 0 spiro atoms. The third kappa shape index (κ3) is 4.67. The summed E-state index contributed by atoms with van der Waals surface area (Å²) in [5, 5.41) is 2.63. The van der Waals surface area contributed by atoms with E-state index in [1.807, 2.05) is 6.92 Å². The van der Waals surface area contributed by atoms with Crippen LogP contribution in [0.2, 0.25) is 0 Å². The molecule has 0 unspecified atom stereocenters. The van der Waals surface area contributed by atoms with E-state index in [1.165, 1.54) is 13.2 Å². The van der Waals surface area contributed by atoms with Gasteiger partial charge in [0.2, 0.25) is 0 Å². The summed E-state index contributed by atoms with van der Waals surface area (Å²) in [5.41, 5.74) is 2.82. The van der Waals surface area contributed by atoms with E-state index in [9.17, 15) is 13.6 Å². The van der Waals surface area contributed by atoms with Crippen LogP contribution in [0.4, 0.5) is 13.6 Å². The summed E-state index contributed by atoms with van der Waals surface area (Å²) in [6.07, 6.45) is 1.16. The van der Waals surface area contributed by atoms with Gasteiger partial charge in [0.1, 0.15) is 0 Å². The molecule has 0 aliphatic heterocycles. The lowest BCUT2D eigenvalue weighted by molar-refractivity contribution is 0.106. The normalized spacial score (nSPS) is 12.0. The Hall–Kier alpha value is -1.69. The Balaban J connectivity index is 2.40. The van der Waals surface area contributed by atoms with E-state index in [4.69, 9.17) is 0 Å². The molecule has 0 aliphatic rings. The molecule has 1 atom stereocenters. The second-order valence-electron chi connectivity index (χ2n) is 3.97. The van der Waals surface area contributed by atoms with E-state index in [0.717, 1.165) is 12.1 Å². The van der Waals surface area contributed by atoms with Crippen LogP contribution in [0.3, 0.4) is 0 Å². The first kappa shape index (κ1) is 14.4. The summed E-state index contributed by atoms with van der Waals surface area (Å²) in [6.45, 7) is 1.81. The number of nitrogens with one attached hydrogen (secondary N) is 2. The van der Waals surface area contributed by atoms with Gasteiger partial charge in [0, 0.05) is 6.04 Å². The number of benzene rings is 1. The lowest BCUT2D eigenvalue weighted by Crippen LogP contribution is -2.40. The van der Waals surface area contributed by atoms with Crippen molar-refractivity contribution in [2.24, 2.45) is 0 Å². The topological polar surface area (TPSA) is 50.4 Å². The average Bonchev–Trinajstić information content (AvgIpc) is 2.31. The van der Waals surface area contributed by atoms with Gasteiger partial charge in [-0.15, -0.1) is 0 Å². The van der Waals surface area contributed by atoms with Crippen LogP contribution in [0.25, 0.3) is 0 Å². The second kappa shape index (κ2) is 6.90. The molecule has 0 fully saturated rings. The van der Waals surface area contributed by atoms with Gasteiger partial charge in [-0.05, 0) is 37.5 Å². The second-order valence-corrected chi connectivity index (χ2v) is 3.97. The van der Waals surface area contributed by atoms with Crippen molar-refractivity contribution in [3.05, 3.63) is 35.4 Å². The van der Waals surface area contributed by atoms with Crippen molar-refractivity contribution in [1.29, 1.82) is 0 Å². The first-order valence-electron chi connectivity index (χ1n) is 5.56. The molecule has 1 aromatic rings. The van der Waals surface area contributed by atoms with Crippen molar-refractivity contribution in [2.75, 3.05) is 7.11 Å². The molecule has 0 bridgehead atoms. The Morgan fingerprint density at radius 2 is 2.11 bits per heavy atom. The molecule has 0 aromatic heterocycles. The van der Waals surface area contributed by atoms with Crippen molar-refractivity contribution in [1.82, 2.24) is 10.8 Å². The van der Waals surface area contributed by atoms with Gasteiger partial charge in [0.05, 0.1) is 7.11 Å². The number of amides is 2. The van der Waals surface area contributed by atoms with Crippen LogP contribution in [0.5, 0.6) is 0 Å². The lowest BCUT2D eigenvalue weighted by atomic mass is 10.1. The number of carbonyl (C=O) groups is 1. The average molecular weight is 258 g/mol. The molecule has 1 rings (SSSR count). The Bertz CT molecular complexity index is 413. The van der Waals surface area contributed by atoms with Crippen molar-refractivity contribution in [3.8, 4) is 0 Å². The largest absolute Gasteiger partial charge is 0.338 e. The van der Waals surface area contributed by atoms with Gasteiger partial charge in [0.15, 0.2) is 11.6 Å². The molecule has 0 radical (unpaired) electrons. The summed E-state index contributed by atoms with van der Waals surface area (Å²) >= 11 is 0. The fourth-order valence-electron chi connectivity index (χ4n) is 1.50. The Morgan fingerprint density at radius 3 is 2.72 bits per heavy atom. The van der Waals surface area contributed by atoms with Crippen molar-refractivity contribution in [2.45, 2.75) is 25.8 Å². The van der Waals surface area contributed by atoms with Gasteiger partial charge in [-0.2, -0.15) is 0 Å². The zero-order chi connectivity index (χ0) is 13.5. The number of carbonyl (C=O) groups excluding carboxylic acids is 1. The summed E-state index contributed by atoms with van der Waals surface area (Å²) in [7, 11) is 1.34. The number of hydrogen-bond donors (Lipinski definition) is 2. The minimum absolute atomic E-state index is 0.103. The maximum Gasteiger partial charge on any atom is 0.338 e. The smallest absolute Gasteiger partial charge is 0.334 e. The van der Waals surface area contributed by atoms with Gasteiger partial charge >= 0.3 is 6.03 Å². The van der Waals surface area contributed by atoms with E-state index in [-0.39, 0.29) is 6.04 Å². The maximum absolute atomic E-state index is 12.9. The molecule has 0 saturated carbocycles. The maximum atomic E-state index is 12.9. The number of aryl methyl sites for hydroxylation is 1. The minimum atomic E-state index is -0.857. The van der Waals surface area contributed by atoms with Crippen molar-refractivity contribution in [3.63, 3.8) is 0 Å². The highest BCUT2D eigenvalue weighted by Crippen LogP contribution is 2.11. The fraction of sp³-hybridized carbons (Fsp3) is 0.417. The molecule has 6 heteroatoms. The van der Waals surface area contributed by atoms with E-state index < -0.39 is 17.7 Å². The van der Waals surface area contributed by atoms with E-state index >= 15 is 0 Å². The minimum Gasteiger partial charge on any atom is -0.334 e. The third-order valence-electron chi connectivity index (χ3n) is 2.42. The molecule has 0 aliphatic carbocycles. The molecule has 2 N–H and O–H groups in total. The predicted octanol–water partition coefficient (Wildman–Crippen LogP) is 2.15. The highest BCUT2D eigenvalue weighted by Gasteiger charge is 2.08. The van der Waals surface area contributed by atoms with Crippen molar-refractivity contribution >= 4 is 6.03 Å². The fourth-order valence-corrected chi connectivity index (χ4v) is 1.50. The third-order valence-corrected chi connectivity index (χ3v) is 2.42. The molecule has 2 amide bonds. The van der Waals surface area contributed by atoms with E-state index in [2.05, 4.69) is 15.6 Å². The van der Waals surface area contributed by atoms with Gasteiger partial charge in [-0.25, -0.2) is 19.1 Å². The molecular weight excluding hydrogens is 242 g/mol. The van der Waals surface area contributed by atoms with Crippen LogP contribution in [0.1, 0.15) is 18.9 Å². The predicted molar refractivity (Wildman–Crippen MR) is 62.8 cm³/mol. The van der Waals surface area contributed by atoms with Crippen molar-refractivity contribution < 1.29 is 18.4 Å². The molecule has 0 saturated heterocycles. The zero-order valence-corrected chi connectivity index (χ0v) is 10.3. The van der Waals surface area contributed by atoms with E-state index in [1.54, 1.807) is 0 Å². The van der Waals surface area contributed by atoms with Crippen LogP contribution < -0.4 is 10.8 Å². The van der Waals surface area contributed by atoms with Gasteiger partial charge in [-0.1, -0.05) is 6.07 Å². The summed E-state index contributed by atoms with van der Waals surface area (Å²) in [4.78, 5) is 15.5. The number of hydrogen-bond acceptors (Lipinski definition) is 2. The lowest BCUT2D eigenvalue weighted by Gasteiger charge is -2.13. The van der Waals surface area contributed by atoms with Gasteiger partial charge < -0.3 is 5.32 Å². The van der Waals surface area contributed by atoms with Crippen LogP contribution in [0, 0.1) is 11.6 Å². The highest BCUT2D eigenvalue weighted by atomic mass is 19.2. The summed E-state index contributed by atoms with van der Waals surface area (Å²) in [5.74, 6) is -1.71. The Kier molecular flexibility index (Phi) is 5.51. The molecule has 0 heterocycles. The number of halogens is 2. The zero-order valence-electron chi connectivity index (χ0n) is 10.3. The Morgan fingerprint density at radius 1 is 1.39 bits per heavy atom. The monoisotopic (exact) mass is 258 g/mol. The van der Waals surface area contributed by atoms with Gasteiger partial charge in [-0.3, -0.25) is 4.84 Å². The SMILES string of the molecule is CONC(=O)N[C@@H](C)CCc1ccc(F)c(F)c1. The number of urea groups is 1. The number of hydroxylamine groups is 1. The molecule has 18 heavy (non-hydrogen) atoms. The molecule has 4 nitrogen and oxygen atoms in total. The van der Waals surface area contributed by atoms with Gasteiger partial charge in [0.25, 0.3) is 0 Å². The summed E-state index contributed by atoms with van der Waals surface area (Å²) in [6, 6.07) is 3.25. The van der Waals surface area contributed by atoms with Crippen LogP contribution in [-0.2, 0) is 11.3 Å². The van der Waals surface area contributed by atoms with Crippen LogP contribution in [-0.4, -0.2) is 19.2 Å². The van der Waals surface area contributed by atoms with Crippen LogP contribution >= 0.6 is 0 Å².